The molecule has 0 saturated heterocycles. The maximum atomic E-state index is 13.0. The molecule has 5 rings (SSSR count). The number of hydrogen-bond donors (Lipinski definition) is 3. The number of ether oxygens (including phenoxy) is 1. The highest BCUT2D eigenvalue weighted by molar-refractivity contribution is 7.92. The van der Waals surface area contributed by atoms with E-state index in [1.54, 1.807) is 31.4 Å². The number of hydrogen-bond acceptors (Lipinski definition) is 8. The van der Waals surface area contributed by atoms with E-state index in [1.807, 2.05) is 13.0 Å². The van der Waals surface area contributed by atoms with Crippen molar-refractivity contribution < 1.29 is 27.5 Å². The second kappa shape index (κ2) is 9.38. The first kappa shape index (κ1) is 24.5. The molecule has 1 amide bonds. The van der Waals surface area contributed by atoms with Crippen molar-refractivity contribution in [3.05, 3.63) is 40.9 Å². The lowest BCUT2D eigenvalue weighted by atomic mass is 9.93. The smallest absolute Gasteiger partial charge is 0.271 e. The molecule has 1 aliphatic rings. The lowest BCUT2D eigenvalue weighted by Crippen LogP contribution is -2.38. The fourth-order valence-corrected chi connectivity index (χ4v) is 6.17. The van der Waals surface area contributed by atoms with Crippen molar-refractivity contribution in [2.45, 2.75) is 44.8 Å². The van der Waals surface area contributed by atoms with Gasteiger partial charge in [0.15, 0.2) is 11.3 Å². The van der Waals surface area contributed by atoms with Crippen molar-refractivity contribution in [2.75, 3.05) is 18.1 Å². The van der Waals surface area contributed by atoms with E-state index in [0.717, 1.165) is 34.9 Å². The van der Waals surface area contributed by atoms with E-state index in [1.165, 1.54) is 11.3 Å². The zero-order valence-electron chi connectivity index (χ0n) is 20.1. The van der Waals surface area contributed by atoms with Crippen LogP contribution in [0.25, 0.3) is 32.5 Å². The van der Waals surface area contributed by atoms with Crippen LogP contribution in [0.4, 0.5) is 5.69 Å². The Labute approximate surface area is 212 Å². The van der Waals surface area contributed by atoms with Gasteiger partial charge in [-0.3, -0.25) is 9.52 Å². The number of amides is 1. The number of thiazole rings is 1. The van der Waals surface area contributed by atoms with Crippen LogP contribution in [-0.2, 0) is 10.0 Å². The summed E-state index contributed by atoms with van der Waals surface area (Å²) in [6.07, 6.45) is 3.65. The number of sulfonamides is 1. The summed E-state index contributed by atoms with van der Waals surface area (Å²) in [4.78, 5) is 18.5. The number of rotatable bonds is 6. The summed E-state index contributed by atoms with van der Waals surface area (Å²) in [6, 6.07) is 8.75. The number of benzene rings is 2. The van der Waals surface area contributed by atoms with Gasteiger partial charge < -0.3 is 19.6 Å². The fraction of sp³-hybridized carbons (Fsp3) is 0.360. The third-order valence-corrected chi connectivity index (χ3v) is 7.99. The van der Waals surface area contributed by atoms with Crippen LogP contribution in [0, 0.1) is 6.92 Å². The number of nitrogens with one attached hydrogen (secondary N) is 2. The van der Waals surface area contributed by atoms with E-state index >= 15 is 0 Å². The minimum atomic E-state index is -3.46. The maximum absolute atomic E-state index is 13.0. The van der Waals surface area contributed by atoms with E-state index < -0.39 is 10.0 Å². The topological polar surface area (TPSA) is 131 Å². The molecule has 1 aliphatic carbocycles. The Hall–Kier alpha value is -3.15. The van der Waals surface area contributed by atoms with Gasteiger partial charge in [0.1, 0.15) is 16.3 Å². The minimum Gasteiger partial charge on any atom is -0.493 e. The van der Waals surface area contributed by atoms with E-state index in [0.29, 0.717) is 51.5 Å². The van der Waals surface area contributed by atoms with Gasteiger partial charge in [0, 0.05) is 32.9 Å². The Balaban J connectivity index is 1.57. The van der Waals surface area contributed by atoms with Gasteiger partial charge in [-0.2, -0.15) is 0 Å². The molecule has 190 valence electrons. The molecule has 36 heavy (non-hydrogen) atoms. The first-order valence-corrected chi connectivity index (χ1v) is 14.3. The number of aryl methyl sites for hydroxylation is 1. The van der Waals surface area contributed by atoms with E-state index in [-0.39, 0.29) is 18.1 Å². The molecular formula is C25H27N3O6S2. The Bertz CT molecular complexity index is 1570. The molecule has 0 unspecified atom stereocenters. The van der Waals surface area contributed by atoms with Gasteiger partial charge in [-0.25, -0.2) is 13.4 Å². The molecular weight excluding hydrogens is 502 g/mol. The number of anilines is 1. The van der Waals surface area contributed by atoms with Crippen molar-refractivity contribution in [1.82, 2.24) is 10.3 Å². The first-order chi connectivity index (χ1) is 17.1. The van der Waals surface area contributed by atoms with Gasteiger partial charge in [-0.1, -0.05) is 0 Å². The Morgan fingerprint density at radius 3 is 2.64 bits per heavy atom. The summed E-state index contributed by atoms with van der Waals surface area (Å²) in [5, 5.41) is 14.9. The standard InChI is InChI=1S/C25H27N3O6S2/c1-13-22(24(30)26-14-4-7-16(29)8-5-14)27-25(35-13)17-9-11-20(33-2)23-21(17)18-12-15(28-36(3,31)32)6-10-19(18)34-23/h6,9-12,14,16,28-29H,4-5,7-8H2,1-3H3,(H,26,30). The lowest BCUT2D eigenvalue weighted by Gasteiger charge is -2.25. The summed E-state index contributed by atoms with van der Waals surface area (Å²) in [7, 11) is -1.90. The van der Waals surface area contributed by atoms with Crippen LogP contribution in [0.15, 0.2) is 34.7 Å². The summed E-state index contributed by atoms with van der Waals surface area (Å²) in [6.45, 7) is 1.86. The van der Waals surface area contributed by atoms with Gasteiger partial charge in [0.05, 0.1) is 19.5 Å². The SMILES string of the molecule is COc1ccc(-c2nc(C(=O)NC3CCC(O)CC3)c(C)s2)c2c1oc1ccc(NS(C)(=O)=O)cc12. The average Bonchev–Trinajstić information content (AvgIpc) is 3.39. The maximum Gasteiger partial charge on any atom is 0.271 e. The van der Waals surface area contributed by atoms with Crippen LogP contribution in [0.5, 0.6) is 5.75 Å². The van der Waals surface area contributed by atoms with Crippen LogP contribution < -0.4 is 14.8 Å². The molecule has 0 spiro atoms. The predicted molar refractivity (Wildman–Crippen MR) is 140 cm³/mol. The Morgan fingerprint density at radius 2 is 1.94 bits per heavy atom. The Kier molecular flexibility index (Phi) is 6.39. The highest BCUT2D eigenvalue weighted by atomic mass is 32.2. The van der Waals surface area contributed by atoms with Crippen LogP contribution in [-0.4, -0.2) is 49.9 Å². The molecule has 4 aromatic rings. The summed E-state index contributed by atoms with van der Waals surface area (Å²) in [5.74, 6) is 0.311. The van der Waals surface area contributed by atoms with Crippen LogP contribution in [0.3, 0.4) is 0 Å². The van der Waals surface area contributed by atoms with E-state index in [9.17, 15) is 18.3 Å². The van der Waals surface area contributed by atoms with Crippen molar-refractivity contribution in [3.8, 4) is 16.3 Å². The third-order valence-electron chi connectivity index (χ3n) is 6.38. The first-order valence-electron chi connectivity index (χ1n) is 11.6. The lowest BCUT2D eigenvalue weighted by molar-refractivity contribution is 0.0863. The van der Waals surface area contributed by atoms with Gasteiger partial charge in [0.25, 0.3) is 5.91 Å². The van der Waals surface area contributed by atoms with Gasteiger partial charge in [0.2, 0.25) is 10.0 Å². The fourth-order valence-electron chi connectivity index (χ4n) is 4.67. The summed E-state index contributed by atoms with van der Waals surface area (Å²) in [5.41, 5.74) is 2.63. The molecule has 2 aromatic carbocycles. The van der Waals surface area contributed by atoms with Gasteiger partial charge in [-0.05, 0) is 62.9 Å². The number of carbonyl (C=O) groups excluding carboxylic acids is 1. The molecule has 11 heteroatoms. The highest BCUT2D eigenvalue weighted by Crippen LogP contribution is 2.43. The number of aromatic nitrogens is 1. The molecule has 2 aromatic heterocycles. The van der Waals surface area contributed by atoms with Crippen molar-refractivity contribution in [2.24, 2.45) is 0 Å². The Morgan fingerprint density at radius 1 is 1.19 bits per heavy atom. The van der Waals surface area contributed by atoms with E-state index in [2.05, 4.69) is 10.0 Å². The van der Waals surface area contributed by atoms with Crippen LogP contribution in [0.2, 0.25) is 0 Å². The molecule has 0 aliphatic heterocycles. The third kappa shape index (κ3) is 4.78. The number of aliphatic hydroxyl groups excluding tert-OH is 1. The van der Waals surface area contributed by atoms with Crippen molar-refractivity contribution in [1.29, 1.82) is 0 Å². The largest absolute Gasteiger partial charge is 0.493 e. The van der Waals surface area contributed by atoms with Gasteiger partial charge in [-0.15, -0.1) is 11.3 Å². The van der Waals surface area contributed by atoms with Crippen molar-refractivity contribution in [3.63, 3.8) is 0 Å². The molecule has 2 heterocycles. The monoisotopic (exact) mass is 529 g/mol. The molecule has 1 saturated carbocycles. The minimum absolute atomic E-state index is 0.0247. The molecule has 0 bridgehead atoms. The number of fused-ring (bicyclic) bond motifs is 3. The molecule has 1 fully saturated rings. The summed E-state index contributed by atoms with van der Waals surface area (Å²) >= 11 is 1.41. The van der Waals surface area contributed by atoms with Crippen molar-refractivity contribution >= 4 is 54.9 Å². The quantitative estimate of drug-likeness (QED) is 0.337. The van der Waals surface area contributed by atoms with Crippen LogP contribution >= 0.6 is 11.3 Å². The zero-order chi connectivity index (χ0) is 25.6. The predicted octanol–water partition coefficient (Wildman–Crippen LogP) is 4.43. The number of methoxy groups -OCH3 is 1. The summed E-state index contributed by atoms with van der Waals surface area (Å²) < 4.78 is 37.7. The number of furan rings is 1. The number of nitrogens with zero attached hydrogens (tertiary/aromatic N) is 1. The second-order valence-corrected chi connectivity index (χ2v) is 12.1. The molecule has 0 atom stereocenters. The molecule has 0 radical (unpaired) electrons. The second-order valence-electron chi connectivity index (χ2n) is 9.11. The zero-order valence-corrected chi connectivity index (χ0v) is 21.8. The van der Waals surface area contributed by atoms with Crippen LogP contribution in [0.1, 0.15) is 41.0 Å². The van der Waals surface area contributed by atoms with E-state index in [4.69, 9.17) is 14.1 Å². The highest BCUT2D eigenvalue weighted by Gasteiger charge is 2.25. The molecule has 3 N–H and O–H groups in total. The number of carbonyl (C=O) groups is 1. The average molecular weight is 530 g/mol. The van der Waals surface area contributed by atoms with Gasteiger partial charge >= 0.3 is 0 Å². The molecule has 9 nitrogen and oxygen atoms in total. The normalized spacial score (nSPS) is 18.4. The number of aliphatic hydroxyl groups is 1.